The molecule has 0 bridgehead atoms. The SMILES string of the molecule is C/C(=C1/c2ccc(Cn3c(CCO)nc4ccccc43)cc2COc2ccccc21)c1noc(=O)[nH]1. The van der Waals surface area contributed by atoms with Gasteiger partial charge in [0.2, 0.25) is 0 Å². The number of nitrogens with one attached hydrogen (secondary N) is 1. The molecule has 36 heavy (non-hydrogen) atoms. The molecule has 1 aliphatic heterocycles. The molecule has 2 N–H and O–H groups in total. The molecular weight excluding hydrogens is 456 g/mol. The molecule has 6 rings (SSSR count). The van der Waals surface area contributed by atoms with Gasteiger partial charge in [-0.1, -0.05) is 47.6 Å². The fourth-order valence-corrected chi connectivity index (χ4v) is 4.90. The van der Waals surface area contributed by atoms with Gasteiger partial charge in [0.05, 0.1) is 17.6 Å². The number of aromatic nitrogens is 4. The number of ether oxygens (including phenoxy) is 1. The van der Waals surface area contributed by atoms with Gasteiger partial charge in [0.15, 0.2) is 5.82 Å². The molecule has 5 aromatic rings. The predicted molar refractivity (Wildman–Crippen MR) is 136 cm³/mol. The molecule has 0 amide bonds. The van der Waals surface area contributed by atoms with Crippen LogP contribution in [0.15, 0.2) is 76.0 Å². The number of rotatable bonds is 5. The van der Waals surface area contributed by atoms with E-state index in [0.717, 1.165) is 56.0 Å². The van der Waals surface area contributed by atoms with E-state index in [1.54, 1.807) is 0 Å². The number of benzene rings is 3. The van der Waals surface area contributed by atoms with Crippen molar-refractivity contribution in [2.24, 2.45) is 0 Å². The smallest absolute Gasteiger partial charge is 0.439 e. The van der Waals surface area contributed by atoms with Crippen LogP contribution in [-0.4, -0.2) is 31.4 Å². The zero-order valence-corrected chi connectivity index (χ0v) is 19.7. The van der Waals surface area contributed by atoms with Crippen LogP contribution in [0.1, 0.15) is 40.8 Å². The summed E-state index contributed by atoms with van der Waals surface area (Å²) in [6.45, 7) is 2.98. The lowest BCUT2D eigenvalue weighted by Crippen LogP contribution is -2.08. The maximum Gasteiger partial charge on any atom is 0.439 e. The van der Waals surface area contributed by atoms with Gasteiger partial charge < -0.3 is 14.4 Å². The van der Waals surface area contributed by atoms with E-state index in [2.05, 4.69) is 39.0 Å². The van der Waals surface area contributed by atoms with Crippen LogP contribution in [0.25, 0.3) is 22.2 Å². The highest BCUT2D eigenvalue weighted by molar-refractivity contribution is 5.99. The summed E-state index contributed by atoms with van der Waals surface area (Å²) in [6.07, 6.45) is 0.486. The summed E-state index contributed by atoms with van der Waals surface area (Å²) in [5, 5.41) is 13.5. The molecule has 0 aliphatic carbocycles. The van der Waals surface area contributed by atoms with Gasteiger partial charge in [-0.2, -0.15) is 0 Å². The number of aliphatic hydroxyl groups is 1. The number of imidazole rings is 1. The normalized spacial score (nSPS) is 14.2. The van der Waals surface area contributed by atoms with Crippen molar-refractivity contribution in [2.45, 2.75) is 26.5 Å². The third-order valence-electron chi connectivity index (χ3n) is 6.56. The molecule has 0 atom stereocenters. The second kappa shape index (κ2) is 8.98. The Morgan fingerprint density at radius 2 is 1.92 bits per heavy atom. The first kappa shape index (κ1) is 22.1. The number of hydrogen-bond acceptors (Lipinski definition) is 6. The molecule has 8 nitrogen and oxygen atoms in total. The Morgan fingerprint density at radius 3 is 2.75 bits per heavy atom. The number of H-pyrrole nitrogens is 1. The minimum absolute atomic E-state index is 0.0389. The molecule has 0 radical (unpaired) electrons. The average Bonchev–Trinajstić information content (AvgIpc) is 3.43. The monoisotopic (exact) mass is 480 g/mol. The van der Waals surface area contributed by atoms with Gasteiger partial charge in [-0.3, -0.25) is 9.51 Å². The Bertz CT molecular complexity index is 1670. The first-order valence-corrected chi connectivity index (χ1v) is 11.8. The highest BCUT2D eigenvalue weighted by Gasteiger charge is 2.23. The van der Waals surface area contributed by atoms with E-state index in [1.165, 1.54) is 0 Å². The van der Waals surface area contributed by atoms with E-state index in [0.29, 0.717) is 25.4 Å². The quantitative estimate of drug-likeness (QED) is 0.391. The Kier molecular flexibility index (Phi) is 5.50. The molecule has 8 heteroatoms. The van der Waals surface area contributed by atoms with Crippen molar-refractivity contribution in [1.29, 1.82) is 0 Å². The lowest BCUT2D eigenvalue weighted by molar-refractivity contribution is 0.295. The Labute approximate surface area is 206 Å². The van der Waals surface area contributed by atoms with Crippen molar-refractivity contribution in [3.05, 3.63) is 111 Å². The van der Waals surface area contributed by atoms with Gasteiger partial charge in [0.25, 0.3) is 0 Å². The second-order valence-corrected chi connectivity index (χ2v) is 8.80. The van der Waals surface area contributed by atoms with Crippen molar-refractivity contribution >= 4 is 22.2 Å². The van der Waals surface area contributed by atoms with Gasteiger partial charge in [-0.05, 0) is 53.5 Å². The van der Waals surface area contributed by atoms with Crippen LogP contribution in [0, 0.1) is 0 Å². The highest BCUT2D eigenvalue weighted by Crippen LogP contribution is 2.40. The van der Waals surface area contributed by atoms with Gasteiger partial charge >= 0.3 is 5.76 Å². The van der Waals surface area contributed by atoms with E-state index >= 15 is 0 Å². The zero-order chi connectivity index (χ0) is 24.6. The van der Waals surface area contributed by atoms with E-state index < -0.39 is 5.76 Å². The van der Waals surface area contributed by atoms with Crippen LogP contribution < -0.4 is 10.5 Å². The first-order chi connectivity index (χ1) is 17.6. The summed E-state index contributed by atoms with van der Waals surface area (Å²) in [6, 6.07) is 22.2. The summed E-state index contributed by atoms with van der Waals surface area (Å²) in [5.74, 6) is 1.41. The lowest BCUT2D eigenvalue weighted by atomic mass is 9.89. The topological polar surface area (TPSA) is 106 Å². The van der Waals surface area contributed by atoms with Crippen LogP contribution in [-0.2, 0) is 19.6 Å². The fraction of sp³-hybridized carbons (Fsp3) is 0.179. The van der Waals surface area contributed by atoms with Crippen LogP contribution >= 0.6 is 0 Å². The third-order valence-corrected chi connectivity index (χ3v) is 6.56. The second-order valence-electron chi connectivity index (χ2n) is 8.80. The molecule has 1 aliphatic rings. The van der Waals surface area contributed by atoms with Crippen molar-refractivity contribution < 1.29 is 14.4 Å². The molecule has 2 aromatic heterocycles. The fourth-order valence-electron chi connectivity index (χ4n) is 4.90. The maximum absolute atomic E-state index is 11.6. The summed E-state index contributed by atoms with van der Waals surface area (Å²) in [4.78, 5) is 19.0. The van der Waals surface area contributed by atoms with Crippen LogP contribution in [0.4, 0.5) is 0 Å². The summed E-state index contributed by atoms with van der Waals surface area (Å²) in [7, 11) is 0. The van der Waals surface area contributed by atoms with Crippen molar-refractivity contribution in [1.82, 2.24) is 19.7 Å². The molecule has 180 valence electrons. The van der Waals surface area contributed by atoms with E-state index in [1.807, 2.05) is 49.4 Å². The molecular formula is C28H24N4O4. The summed E-state index contributed by atoms with van der Waals surface area (Å²) in [5.41, 5.74) is 7.73. The van der Waals surface area contributed by atoms with Crippen molar-refractivity contribution in [3.8, 4) is 5.75 Å². The molecule has 0 spiro atoms. The third kappa shape index (κ3) is 3.81. The zero-order valence-electron chi connectivity index (χ0n) is 19.7. The Morgan fingerprint density at radius 1 is 1.08 bits per heavy atom. The largest absolute Gasteiger partial charge is 0.488 e. The number of para-hydroxylation sites is 3. The van der Waals surface area contributed by atoms with E-state index in [4.69, 9.17) is 14.2 Å². The lowest BCUT2D eigenvalue weighted by Gasteiger charge is -2.15. The van der Waals surface area contributed by atoms with Crippen LogP contribution in [0.2, 0.25) is 0 Å². The number of aromatic amines is 1. The van der Waals surface area contributed by atoms with Crippen molar-refractivity contribution in [2.75, 3.05) is 6.61 Å². The highest BCUT2D eigenvalue weighted by atomic mass is 16.5. The number of aliphatic hydroxyl groups excluding tert-OH is 1. The predicted octanol–water partition coefficient (Wildman–Crippen LogP) is 4.17. The Hall–Kier alpha value is -4.43. The molecule has 0 fully saturated rings. The van der Waals surface area contributed by atoms with Crippen molar-refractivity contribution in [3.63, 3.8) is 0 Å². The Balaban J connectivity index is 1.47. The molecule has 0 saturated heterocycles. The number of fused-ring (bicyclic) bond motifs is 3. The maximum atomic E-state index is 11.6. The minimum Gasteiger partial charge on any atom is -0.488 e. The van der Waals surface area contributed by atoms with E-state index in [-0.39, 0.29) is 6.61 Å². The molecule has 0 saturated carbocycles. The number of allylic oxidation sites excluding steroid dienone is 1. The van der Waals surface area contributed by atoms with E-state index in [9.17, 15) is 9.90 Å². The first-order valence-electron chi connectivity index (χ1n) is 11.8. The van der Waals surface area contributed by atoms with Crippen LogP contribution in [0.3, 0.4) is 0 Å². The van der Waals surface area contributed by atoms with Gasteiger partial charge in [0, 0.05) is 24.1 Å². The molecule has 3 aromatic carbocycles. The molecule has 0 unspecified atom stereocenters. The van der Waals surface area contributed by atoms with Gasteiger partial charge in [-0.15, -0.1) is 0 Å². The number of nitrogens with zero attached hydrogens (tertiary/aromatic N) is 3. The average molecular weight is 481 g/mol. The van der Waals surface area contributed by atoms with Crippen LogP contribution in [0.5, 0.6) is 5.75 Å². The minimum atomic E-state index is -0.593. The number of hydrogen-bond donors (Lipinski definition) is 2. The van der Waals surface area contributed by atoms with Gasteiger partial charge in [-0.25, -0.2) is 9.78 Å². The summed E-state index contributed by atoms with van der Waals surface area (Å²) < 4.78 is 13.1. The standard InChI is InChI=1S/C28H24N4O4/c1-17(27-30-28(34)36-31-27)26-20-11-10-18(14-19(20)16-35-24-9-5-2-6-21(24)26)15-32-23-8-4-3-7-22(23)29-25(32)12-13-33/h2-11,14,33H,12-13,15-16H2,1H3,(H,30,31,34)/b26-17+. The summed E-state index contributed by atoms with van der Waals surface area (Å²) >= 11 is 0. The molecule has 3 heterocycles. The van der Waals surface area contributed by atoms with Gasteiger partial charge in [0.1, 0.15) is 18.2 Å².